The Bertz CT molecular complexity index is 893. The summed E-state index contributed by atoms with van der Waals surface area (Å²) in [6, 6.07) is 7.56. The van der Waals surface area contributed by atoms with E-state index >= 15 is 0 Å². The molecule has 3 aliphatic rings. The molecular weight excluding hydrogens is 446 g/mol. The number of hydrogen-bond donors (Lipinski definition) is 1. The maximum absolute atomic E-state index is 13.3. The third-order valence-electron chi connectivity index (χ3n) is 8.41. The standard InChI is InChI=1S/C28H40ClN3O2/c1-32-26(34)28(31-27(32)30,15-14-20-6-3-2-4-7-20)19-23-9-5-8-22(16-23)18-25(33)17-21-10-12-24(29)13-11-21/h10-13,20,22-23H,2-9,14-19H2,1H3,(H2,30,31)/t22?,23-,28+/m0/s1. The molecule has 4 rings (SSSR count). The van der Waals surface area contributed by atoms with E-state index in [0.29, 0.717) is 47.4 Å². The van der Waals surface area contributed by atoms with E-state index in [1.165, 1.54) is 32.1 Å². The molecule has 0 saturated heterocycles. The highest BCUT2D eigenvalue weighted by atomic mass is 35.5. The zero-order valence-corrected chi connectivity index (χ0v) is 21.4. The molecule has 1 amide bonds. The molecular formula is C28H40ClN3O2. The van der Waals surface area contributed by atoms with Gasteiger partial charge in [0.05, 0.1) is 0 Å². The number of Topliss-reactive ketones (excluding diaryl/α,β-unsaturated/α-hetero) is 1. The van der Waals surface area contributed by atoms with Crippen LogP contribution >= 0.6 is 11.6 Å². The summed E-state index contributed by atoms with van der Waals surface area (Å²) >= 11 is 5.97. The Morgan fingerprint density at radius 2 is 1.74 bits per heavy atom. The van der Waals surface area contributed by atoms with Crippen molar-refractivity contribution in [2.24, 2.45) is 28.5 Å². The van der Waals surface area contributed by atoms with Gasteiger partial charge in [-0.1, -0.05) is 75.1 Å². The van der Waals surface area contributed by atoms with E-state index in [9.17, 15) is 9.59 Å². The molecule has 2 N–H and O–H groups in total. The molecule has 1 aliphatic heterocycles. The first kappa shape index (κ1) is 25.2. The number of nitrogens with zero attached hydrogens (tertiary/aromatic N) is 2. The minimum atomic E-state index is -0.698. The maximum Gasteiger partial charge on any atom is 0.257 e. The first-order chi connectivity index (χ1) is 16.3. The summed E-state index contributed by atoms with van der Waals surface area (Å²) in [7, 11) is 1.75. The van der Waals surface area contributed by atoms with Gasteiger partial charge in [0, 0.05) is 24.9 Å². The highest BCUT2D eigenvalue weighted by Crippen LogP contribution is 2.42. The number of hydrogen-bond acceptors (Lipinski definition) is 4. The van der Waals surface area contributed by atoms with Crippen LogP contribution in [0.25, 0.3) is 0 Å². The van der Waals surface area contributed by atoms with E-state index < -0.39 is 5.54 Å². The average Bonchev–Trinajstić information content (AvgIpc) is 3.04. The van der Waals surface area contributed by atoms with E-state index in [0.717, 1.165) is 50.5 Å². The third kappa shape index (κ3) is 6.21. The molecule has 3 atom stereocenters. The second kappa shape index (κ2) is 11.2. The Morgan fingerprint density at radius 3 is 2.41 bits per heavy atom. The second-order valence-electron chi connectivity index (χ2n) is 11.1. The Balaban J connectivity index is 1.36. The van der Waals surface area contributed by atoms with E-state index in [1.807, 2.05) is 24.3 Å². The molecule has 2 saturated carbocycles. The maximum atomic E-state index is 13.3. The molecule has 0 bridgehead atoms. The normalized spacial score (nSPS) is 28.2. The summed E-state index contributed by atoms with van der Waals surface area (Å²) in [5.41, 5.74) is 6.46. The molecule has 1 heterocycles. The van der Waals surface area contributed by atoms with Crippen LogP contribution in [0.2, 0.25) is 5.02 Å². The first-order valence-corrected chi connectivity index (χ1v) is 13.6. The van der Waals surface area contributed by atoms with Crippen LogP contribution in [0.3, 0.4) is 0 Å². The predicted octanol–water partition coefficient (Wildman–Crippen LogP) is 5.92. The number of aliphatic imine (C=N–C) groups is 1. The fraction of sp³-hybridized carbons (Fsp3) is 0.679. The van der Waals surface area contributed by atoms with Crippen molar-refractivity contribution in [3.63, 3.8) is 0 Å². The molecule has 0 radical (unpaired) electrons. The van der Waals surface area contributed by atoms with Crippen LogP contribution in [-0.4, -0.2) is 35.1 Å². The summed E-state index contributed by atoms with van der Waals surface area (Å²) in [4.78, 5) is 32.5. The SMILES string of the molecule is CN1C(=O)[C@@](CCC2CCCCC2)(C[C@H]2CCCC(CC(=O)Cc3ccc(Cl)cc3)C2)N=C1N. The van der Waals surface area contributed by atoms with E-state index in [2.05, 4.69) is 0 Å². The number of carbonyl (C=O) groups excluding carboxylic acids is 2. The number of carbonyl (C=O) groups is 2. The second-order valence-corrected chi connectivity index (χ2v) is 11.5. The van der Waals surface area contributed by atoms with Crippen LogP contribution in [0.1, 0.15) is 89.0 Å². The van der Waals surface area contributed by atoms with Gasteiger partial charge in [0.15, 0.2) is 5.96 Å². The monoisotopic (exact) mass is 485 g/mol. The van der Waals surface area contributed by atoms with Crippen LogP contribution in [0.5, 0.6) is 0 Å². The van der Waals surface area contributed by atoms with Crippen molar-refractivity contribution >= 4 is 29.3 Å². The molecule has 0 aromatic heterocycles. The number of benzene rings is 1. The number of likely N-dealkylation sites (N-methyl/N-ethyl adjacent to an activating group) is 1. The lowest BCUT2D eigenvalue weighted by molar-refractivity contribution is -0.131. The molecule has 5 nitrogen and oxygen atoms in total. The van der Waals surface area contributed by atoms with Gasteiger partial charge in [0.25, 0.3) is 5.91 Å². The first-order valence-electron chi connectivity index (χ1n) is 13.2. The zero-order valence-electron chi connectivity index (χ0n) is 20.6. The van der Waals surface area contributed by atoms with E-state index in [-0.39, 0.29) is 5.91 Å². The fourth-order valence-electron chi connectivity index (χ4n) is 6.55. The molecule has 1 aromatic carbocycles. The summed E-state index contributed by atoms with van der Waals surface area (Å²) in [6.07, 6.45) is 14.6. The van der Waals surface area contributed by atoms with Crippen molar-refractivity contribution in [1.82, 2.24) is 4.90 Å². The van der Waals surface area contributed by atoms with Crippen molar-refractivity contribution in [2.75, 3.05) is 7.05 Å². The van der Waals surface area contributed by atoms with Crippen LogP contribution in [0.15, 0.2) is 29.3 Å². The number of rotatable bonds is 9. The van der Waals surface area contributed by atoms with Gasteiger partial charge in [-0.25, -0.2) is 4.99 Å². The lowest BCUT2D eigenvalue weighted by Gasteiger charge is -2.35. The topological polar surface area (TPSA) is 75.8 Å². The van der Waals surface area contributed by atoms with Gasteiger partial charge < -0.3 is 5.73 Å². The molecule has 186 valence electrons. The lowest BCUT2D eigenvalue weighted by atomic mass is 9.71. The number of halogens is 1. The molecule has 1 aromatic rings. The Kier molecular flexibility index (Phi) is 8.34. The van der Waals surface area contributed by atoms with Crippen molar-refractivity contribution in [2.45, 2.75) is 95.4 Å². The predicted molar refractivity (Wildman–Crippen MR) is 138 cm³/mol. The highest BCUT2D eigenvalue weighted by molar-refractivity contribution is 6.30. The number of guanidine groups is 1. The zero-order chi connectivity index (χ0) is 24.1. The van der Waals surface area contributed by atoms with Crippen LogP contribution in [0.4, 0.5) is 0 Å². The van der Waals surface area contributed by atoms with Crippen molar-refractivity contribution in [1.29, 1.82) is 0 Å². The molecule has 34 heavy (non-hydrogen) atoms. The summed E-state index contributed by atoms with van der Waals surface area (Å²) in [5.74, 6) is 2.25. The molecule has 6 heteroatoms. The number of nitrogens with two attached hydrogens (primary N) is 1. The highest BCUT2D eigenvalue weighted by Gasteiger charge is 2.48. The minimum Gasteiger partial charge on any atom is -0.369 e. The van der Waals surface area contributed by atoms with E-state index in [4.69, 9.17) is 22.3 Å². The van der Waals surface area contributed by atoms with Crippen molar-refractivity contribution in [3.05, 3.63) is 34.9 Å². The molecule has 2 aliphatic carbocycles. The smallest absolute Gasteiger partial charge is 0.257 e. The lowest BCUT2D eigenvalue weighted by Crippen LogP contribution is -2.44. The van der Waals surface area contributed by atoms with Crippen molar-refractivity contribution < 1.29 is 9.59 Å². The number of ketones is 1. The van der Waals surface area contributed by atoms with Gasteiger partial charge in [0.1, 0.15) is 11.3 Å². The fourth-order valence-corrected chi connectivity index (χ4v) is 6.68. The van der Waals surface area contributed by atoms with Gasteiger partial charge in [0.2, 0.25) is 0 Å². The van der Waals surface area contributed by atoms with Gasteiger partial charge in [-0.2, -0.15) is 0 Å². The van der Waals surface area contributed by atoms with Gasteiger partial charge >= 0.3 is 0 Å². The van der Waals surface area contributed by atoms with Crippen LogP contribution in [-0.2, 0) is 16.0 Å². The summed E-state index contributed by atoms with van der Waals surface area (Å²) in [6.45, 7) is 0. The van der Waals surface area contributed by atoms with E-state index in [1.54, 1.807) is 11.9 Å². The van der Waals surface area contributed by atoms with Gasteiger partial charge in [-0.3, -0.25) is 14.5 Å². The Labute approximate surface area is 209 Å². The van der Waals surface area contributed by atoms with Gasteiger partial charge in [-0.05, 0) is 61.1 Å². The molecule has 2 fully saturated rings. The average molecular weight is 486 g/mol. The molecule has 0 spiro atoms. The van der Waals surface area contributed by atoms with Gasteiger partial charge in [-0.15, -0.1) is 0 Å². The third-order valence-corrected chi connectivity index (χ3v) is 8.67. The van der Waals surface area contributed by atoms with Crippen LogP contribution < -0.4 is 5.73 Å². The minimum absolute atomic E-state index is 0.0711. The van der Waals surface area contributed by atoms with Crippen LogP contribution in [0, 0.1) is 17.8 Å². The quantitative estimate of drug-likeness (QED) is 0.471. The molecule has 1 unspecified atom stereocenters. The largest absolute Gasteiger partial charge is 0.369 e. The Hall–Kier alpha value is -1.88. The summed E-state index contributed by atoms with van der Waals surface area (Å²) in [5, 5.41) is 0.694. The number of amides is 1. The Morgan fingerprint density at radius 1 is 1.06 bits per heavy atom. The van der Waals surface area contributed by atoms with Crippen molar-refractivity contribution in [3.8, 4) is 0 Å². The summed E-state index contributed by atoms with van der Waals surface area (Å²) < 4.78 is 0.